The van der Waals surface area contributed by atoms with E-state index in [0.29, 0.717) is 11.7 Å². The first-order valence-electron chi connectivity index (χ1n) is 7.31. The maximum atomic E-state index is 11.7. The number of hydrogen-bond acceptors (Lipinski definition) is 3. The monoisotopic (exact) mass is 332 g/mol. The van der Waals surface area contributed by atoms with E-state index in [4.69, 9.17) is 11.6 Å². The van der Waals surface area contributed by atoms with Crippen molar-refractivity contribution in [3.63, 3.8) is 0 Å². The Kier molecular flexibility index (Phi) is 5.58. The Bertz CT molecular complexity index is 717. The lowest BCUT2D eigenvalue weighted by atomic mass is 10.1. The summed E-state index contributed by atoms with van der Waals surface area (Å²) in [7, 11) is 3.51. The lowest BCUT2D eigenvalue weighted by molar-refractivity contribution is -0.119. The van der Waals surface area contributed by atoms with Crippen LogP contribution in [0.1, 0.15) is 22.4 Å². The molecule has 2 rings (SSSR count). The molecular weight excluding hydrogens is 312 g/mol. The summed E-state index contributed by atoms with van der Waals surface area (Å²) in [5.41, 5.74) is 6.53. The van der Waals surface area contributed by atoms with E-state index in [2.05, 4.69) is 41.7 Å². The summed E-state index contributed by atoms with van der Waals surface area (Å²) >= 11 is 6.41. The number of aromatic nitrogens is 2. The second kappa shape index (κ2) is 7.44. The summed E-state index contributed by atoms with van der Waals surface area (Å²) in [6, 6.07) is 8.24. The Balaban J connectivity index is 2.17. The molecule has 0 aliphatic heterocycles. The highest BCUT2D eigenvalue weighted by Gasteiger charge is 2.11. The molecule has 0 saturated heterocycles. The molecule has 0 unspecified atom stereocenters. The highest BCUT2D eigenvalue weighted by atomic mass is 35.5. The van der Waals surface area contributed by atoms with Crippen LogP contribution < -0.4 is 5.43 Å². The number of benzene rings is 1. The zero-order valence-electron chi connectivity index (χ0n) is 13.8. The van der Waals surface area contributed by atoms with Crippen molar-refractivity contribution in [3.05, 3.63) is 57.9 Å². The van der Waals surface area contributed by atoms with Gasteiger partial charge in [-0.2, -0.15) is 5.10 Å². The fraction of sp³-hybridized carbons (Fsp3) is 0.294. The van der Waals surface area contributed by atoms with Crippen LogP contribution in [0.2, 0.25) is 5.15 Å². The Morgan fingerprint density at radius 3 is 2.57 bits per heavy atom. The average Bonchev–Trinajstić information content (AvgIpc) is 2.73. The van der Waals surface area contributed by atoms with E-state index in [-0.39, 0.29) is 5.91 Å². The van der Waals surface area contributed by atoms with Gasteiger partial charge in [-0.15, -0.1) is 0 Å². The number of carbonyl (C=O) groups is 1. The third kappa shape index (κ3) is 4.68. The predicted octanol–water partition coefficient (Wildman–Crippen LogP) is 2.81. The largest absolute Gasteiger partial charge is 0.286 e. The van der Waals surface area contributed by atoms with Crippen LogP contribution >= 0.6 is 11.6 Å². The minimum absolute atomic E-state index is 0.211. The number of amides is 1. The molecule has 23 heavy (non-hydrogen) atoms. The van der Waals surface area contributed by atoms with Crippen LogP contribution in [0.25, 0.3) is 6.08 Å². The zero-order valence-corrected chi connectivity index (χ0v) is 14.6. The van der Waals surface area contributed by atoms with Crippen LogP contribution in [0.5, 0.6) is 0 Å². The fourth-order valence-electron chi connectivity index (χ4n) is 2.14. The summed E-state index contributed by atoms with van der Waals surface area (Å²) in [4.78, 5) is 11.7. The van der Waals surface area contributed by atoms with Crippen molar-refractivity contribution < 1.29 is 4.79 Å². The van der Waals surface area contributed by atoms with Crippen molar-refractivity contribution in [2.75, 3.05) is 14.1 Å². The number of nitrogens with one attached hydrogen (secondary N) is 1. The van der Waals surface area contributed by atoms with Gasteiger partial charge in [-0.25, -0.2) is 9.69 Å². The molecule has 1 amide bonds. The number of nitrogens with zero attached hydrogens (tertiary/aromatic N) is 3. The van der Waals surface area contributed by atoms with E-state index in [0.717, 1.165) is 16.8 Å². The molecule has 1 aromatic heterocycles. The zero-order chi connectivity index (χ0) is 17.0. The van der Waals surface area contributed by atoms with Crippen LogP contribution in [-0.4, -0.2) is 34.8 Å². The van der Waals surface area contributed by atoms with E-state index >= 15 is 0 Å². The third-order valence-electron chi connectivity index (χ3n) is 3.30. The van der Waals surface area contributed by atoms with Crippen LogP contribution in [0.15, 0.2) is 30.3 Å². The van der Waals surface area contributed by atoms with Gasteiger partial charge >= 0.3 is 0 Å². The first-order valence-corrected chi connectivity index (χ1v) is 7.69. The van der Waals surface area contributed by atoms with Gasteiger partial charge in [0.15, 0.2) is 0 Å². The van der Waals surface area contributed by atoms with Gasteiger partial charge in [-0.3, -0.25) is 10.2 Å². The molecule has 0 bridgehead atoms. The highest BCUT2D eigenvalue weighted by molar-refractivity contribution is 6.31. The van der Waals surface area contributed by atoms with E-state index in [1.165, 1.54) is 11.6 Å². The number of rotatable bonds is 5. The summed E-state index contributed by atoms with van der Waals surface area (Å²) < 4.78 is 1.74. The Hall–Kier alpha value is -2.11. The van der Waals surface area contributed by atoms with Crippen molar-refractivity contribution in [2.24, 2.45) is 0 Å². The van der Waals surface area contributed by atoms with Gasteiger partial charge in [0.1, 0.15) is 5.15 Å². The molecule has 0 radical (unpaired) electrons. The minimum Gasteiger partial charge on any atom is -0.286 e. The normalized spacial score (nSPS) is 11.4. The summed E-state index contributed by atoms with van der Waals surface area (Å²) in [5.74, 6) is -0.211. The Labute approximate surface area is 141 Å². The fourth-order valence-corrected chi connectivity index (χ4v) is 2.44. The van der Waals surface area contributed by atoms with Gasteiger partial charge in [0.25, 0.3) is 5.91 Å². The molecule has 1 aromatic carbocycles. The molecule has 1 N–H and O–H groups in total. The van der Waals surface area contributed by atoms with Crippen LogP contribution in [0.3, 0.4) is 0 Å². The Morgan fingerprint density at radius 1 is 1.30 bits per heavy atom. The number of halogens is 1. The molecule has 0 spiro atoms. The Morgan fingerprint density at radius 2 is 1.96 bits per heavy atom. The molecule has 0 saturated carbocycles. The number of hydrazine groups is 1. The van der Waals surface area contributed by atoms with Crippen LogP contribution in [0, 0.1) is 13.8 Å². The van der Waals surface area contributed by atoms with Crippen molar-refractivity contribution in [1.82, 2.24) is 20.2 Å². The summed E-state index contributed by atoms with van der Waals surface area (Å²) in [5, 5.41) is 6.57. The second-order valence-corrected chi connectivity index (χ2v) is 5.99. The van der Waals surface area contributed by atoms with Crippen molar-refractivity contribution in [3.8, 4) is 0 Å². The van der Waals surface area contributed by atoms with Gasteiger partial charge in [0, 0.05) is 25.7 Å². The number of hydrogen-bond donors (Lipinski definition) is 1. The second-order valence-electron chi connectivity index (χ2n) is 5.64. The molecule has 0 aliphatic rings. The molecule has 122 valence electrons. The molecule has 0 aliphatic carbocycles. The summed E-state index contributed by atoms with van der Waals surface area (Å²) in [6.07, 6.45) is 3.14. The third-order valence-corrected chi connectivity index (χ3v) is 3.70. The molecule has 0 atom stereocenters. The SMILES string of the molecule is Cc1ccc(Cn2nc(C)c(/C=C/C(=O)NN(C)C)c2Cl)cc1. The lowest BCUT2D eigenvalue weighted by Crippen LogP contribution is -2.34. The minimum atomic E-state index is -0.211. The molecular formula is C17H21ClN4O. The molecule has 5 nitrogen and oxygen atoms in total. The molecule has 1 heterocycles. The highest BCUT2D eigenvalue weighted by Crippen LogP contribution is 2.22. The van der Waals surface area contributed by atoms with Gasteiger partial charge in [0.2, 0.25) is 0 Å². The maximum Gasteiger partial charge on any atom is 0.258 e. The lowest BCUT2D eigenvalue weighted by Gasteiger charge is -2.08. The van der Waals surface area contributed by atoms with Gasteiger partial charge in [-0.05, 0) is 25.5 Å². The molecule has 6 heteroatoms. The van der Waals surface area contributed by atoms with E-state index < -0.39 is 0 Å². The average molecular weight is 333 g/mol. The molecule has 2 aromatic rings. The van der Waals surface area contributed by atoms with Crippen molar-refractivity contribution >= 4 is 23.6 Å². The standard InChI is InChI=1S/C17H21ClN4O/c1-12-5-7-14(8-6-12)11-22-17(18)15(13(2)19-22)9-10-16(23)20-21(3)4/h5-10H,11H2,1-4H3,(H,20,23)/b10-9+. The van der Waals surface area contributed by atoms with E-state index in [9.17, 15) is 4.79 Å². The van der Waals surface area contributed by atoms with Crippen LogP contribution in [0.4, 0.5) is 0 Å². The smallest absolute Gasteiger partial charge is 0.258 e. The maximum absolute atomic E-state index is 11.7. The predicted molar refractivity (Wildman–Crippen MR) is 93.1 cm³/mol. The van der Waals surface area contributed by atoms with Crippen LogP contribution in [-0.2, 0) is 11.3 Å². The quantitative estimate of drug-likeness (QED) is 0.676. The van der Waals surface area contributed by atoms with Gasteiger partial charge in [0.05, 0.1) is 12.2 Å². The van der Waals surface area contributed by atoms with Crippen molar-refractivity contribution in [1.29, 1.82) is 0 Å². The first-order chi connectivity index (χ1) is 10.9. The summed E-state index contributed by atoms with van der Waals surface area (Å²) in [6.45, 7) is 4.52. The molecule has 0 fully saturated rings. The first kappa shape index (κ1) is 17.2. The van der Waals surface area contributed by atoms with Crippen molar-refractivity contribution in [2.45, 2.75) is 20.4 Å². The number of carbonyl (C=O) groups excluding carboxylic acids is 1. The van der Waals surface area contributed by atoms with Gasteiger partial charge < -0.3 is 0 Å². The number of aryl methyl sites for hydroxylation is 2. The topological polar surface area (TPSA) is 50.2 Å². The van der Waals surface area contributed by atoms with E-state index in [1.54, 1.807) is 29.9 Å². The van der Waals surface area contributed by atoms with E-state index in [1.807, 2.05) is 6.92 Å². The van der Waals surface area contributed by atoms with Gasteiger partial charge in [-0.1, -0.05) is 41.4 Å².